The van der Waals surface area contributed by atoms with Crippen molar-refractivity contribution in [2.45, 2.75) is 63.3 Å². The predicted molar refractivity (Wildman–Crippen MR) is 127 cm³/mol. The number of fused-ring (bicyclic) bond motifs is 1. The second-order valence-corrected chi connectivity index (χ2v) is 8.83. The smallest absolute Gasteiger partial charge is 0.343 e. The molecule has 2 heterocycles. The quantitative estimate of drug-likeness (QED) is 0.326. The van der Waals surface area contributed by atoms with E-state index in [0.29, 0.717) is 17.4 Å². The van der Waals surface area contributed by atoms with Crippen LogP contribution in [0.3, 0.4) is 0 Å². The molecule has 3 aromatic rings. The highest BCUT2D eigenvalue weighted by molar-refractivity contribution is 5.84. The summed E-state index contributed by atoms with van der Waals surface area (Å²) in [4.78, 5) is 24.3. The lowest BCUT2D eigenvalue weighted by Crippen LogP contribution is -2.50. The van der Waals surface area contributed by atoms with E-state index in [2.05, 4.69) is 0 Å². The first-order chi connectivity index (χ1) is 16.8. The van der Waals surface area contributed by atoms with Gasteiger partial charge in [-0.2, -0.15) is 0 Å². The number of para-hydroxylation sites is 1. The standard InChI is InChI=1S/C26H31NO8/c1-15(27(32-3)35-22-14-20(28)24(29)16(2)33-22)13-19(17-9-5-4-6-10-17)23-25(30)18-11-7-8-12-21(18)34-26(23)31/h4-12,15-16,19-20,22,24,28-30H,13-14H2,1-3H3/t15?,16-,19?,20+,22?,24-/m1/s1. The van der Waals surface area contributed by atoms with E-state index >= 15 is 0 Å². The van der Waals surface area contributed by atoms with E-state index in [1.165, 1.54) is 12.3 Å². The first kappa shape index (κ1) is 25.3. The third kappa shape index (κ3) is 5.40. The SMILES string of the molecule is CON(OC1C[C@H](O)[C@H](O)[C@@H](C)O1)C(C)CC(c1ccccc1)c1c(O)c2ccccc2oc1=O. The summed E-state index contributed by atoms with van der Waals surface area (Å²) in [5.41, 5.74) is 0.659. The molecule has 9 nitrogen and oxygen atoms in total. The molecule has 4 rings (SSSR count). The van der Waals surface area contributed by atoms with Gasteiger partial charge in [-0.3, -0.25) is 4.84 Å². The Kier molecular flexibility index (Phi) is 7.85. The first-order valence-electron chi connectivity index (χ1n) is 11.6. The molecule has 6 atom stereocenters. The molecule has 3 unspecified atom stereocenters. The molecule has 2 aromatic carbocycles. The molecular formula is C26H31NO8. The molecule has 188 valence electrons. The number of benzene rings is 2. The van der Waals surface area contributed by atoms with Gasteiger partial charge in [0.25, 0.3) is 0 Å². The van der Waals surface area contributed by atoms with Crippen molar-refractivity contribution in [1.29, 1.82) is 0 Å². The number of ether oxygens (including phenoxy) is 1. The fourth-order valence-corrected chi connectivity index (χ4v) is 4.52. The Morgan fingerprint density at radius 3 is 2.49 bits per heavy atom. The summed E-state index contributed by atoms with van der Waals surface area (Å²) in [6, 6.07) is 15.8. The average Bonchev–Trinajstić information content (AvgIpc) is 2.85. The zero-order valence-electron chi connectivity index (χ0n) is 19.9. The topological polar surface area (TPSA) is 122 Å². The van der Waals surface area contributed by atoms with Crippen molar-refractivity contribution in [1.82, 2.24) is 5.23 Å². The van der Waals surface area contributed by atoms with Gasteiger partial charge in [-0.15, -0.1) is 0 Å². The van der Waals surface area contributed by atoms with Crippen LogP contribution in [0.1, 0.15) is 43.7 Å². The first-order valence-corrected chi connectivity index (χ1v) is 11.6. The number of hydrogen-bond acceptors (Lipinski definition) is 9. The van der Waals surface area contributed by atoms with E-state index in [-0.39, 0.29) is 17.7 Å². The summed E-state index contributed by atoms with van der Waals surface area (Å²) in [5, 5.41) is 32.8. The van der Waals surface area contributed by atoms with E-state index in [1.54, 1.807) is 31.2 Å². The largest absolute Gasteiger partial charge is 0.507 e. The highest BCUT2D eigenvalue weighted by Crippen LogP contribution is 2.37. The third-order valence-electron chi connectivity index (χ3n) is 6.38. The summed E-state index contributed by atoms with van der Waals surface area (Å²) < 4.78 is 11.2. The van der Waals surface area contributed by atoms with Gasteiger partial charge in [0.05, 0.1) is 36.3 Å². The fraction of sp³-hybridized carbons (Fsp3) is 0.423. The zero-order valence-corrected chi connectivity index (χ0v) is 19.9. The maximum atomic E-state index is 13.0. The molecule has 1 aromatic heterocycles. The maximum Gasteiger partial charge on any atom is 0.343 e. The van der Waals surface area contributed by atoms with Gasteiger partial charge in [0.15, 0.2) is 6.29 Å². The predicted octanol–water partition coefficient (Wildman–Crippen LogP) is 3.06. The minimum Gasteiger partial charge on any atom is -0.507 e. The van der Waals surface area contributed by atoms with Crippen LogP contribution in [0.4, 0.5) is 0 Å². The molecule has 0 aliphatic carbocycles. The van der Waals surface area contributed by atoms with Crippen LogP contribution in [-0.4, -0.2) is 58.3 Å². The van der Waals surface area contributed by atoms with Crippen LogP contribution in [0, 0.1) is 0 Å². The summed E-state index contributed by atoms with van der Waals surface area (Å²) in [5.74, 6) is -0.656. The molecule has 9 heteroatoms. The van der Waals surface area contributed by atoms with E-state index < -0.39 is 42.2 Å². The minimum atomic E-state index is -0.999. The number of aliphatic hydroxyl groups is 2. The van der Waals surface area contributed by atoms with Crippen LogP contribution in [0.5, 0.6) is 5.75 Å². The monoisotopic (exact) mass is 485 g/mol. The van der Waals surface area contributed by atoms with Crippen molar-refractivity contribution in [2.75, 3.05) is 7.11 Å². The number of rotatable bonds is 8. The van der Waals surface area contributed by atoms with Crippen molar-refractivity contribution in [2.24, 2.45) is 0 Å². The van der Waals surface area contributed by atoms with E-state index in [0.717, 1.165) is 5.56 Å². The highest BCUT2D eigenvalue weighted by atomic mass is 17.0. The Labute approximate surface area is 203 Å². The van der Waals surface area contributed by atoms with Gasteiger partial charge >= 0.3 is 5.63 Å². The number of aromatic hydroxyl groups is 1. The van der Waals surface area contributed by atoms with Crippen LogP contribution >= 0.6 is 0 Å². The molecule has 0 spiro atoms. The van der Waals surface area contributed by atoms with Crippen molar-refractivity contribution in [3.8, 4) is 5.75 Å². The normalized spacial score (nSPS) is 24.5. The zero-order chi connectivity index (χ0) is 25.1. The summed E-state index contributed by atoms with van der Waals surface area (Å²) >= 11 is 0. The molecule has 1 aliphatic rings. The third-order valence-corrected chi connectivity index (χ3v) is 6.38. The van der Waals surface area contributed by atoms with Crippen LogP contribution in [0.15, 0.2) is 63.8 Å². The van der Waals surface area contributed by atoms with Gasteiger partial charge in [-0.25, -0.2) is 9.63 Å². The Bertz CT molecular complexity index is 1170. The van der Waals surface area contributed by atoms with Gasteiger partial charge in [0, 0.05) is 12.3 Å². The summed E-state index contributed by atoms with van der Waals surface area (Å²) in [7, 11) is 1.44. The molecule has 0 amide bonds. The van der Waals surface area contributed by atoms with Crippen LogP contribution in [-0.2, 0) is 14.4 Å². The Morgan fingerprint density at radius 1 is 1.11 bits per heavy atom. The lowest BCUT2D eigenvalue weighted by atomic mass is 9.86. The number of hydroxylamine groups is 2. The van der Waals surface area contributed by atoms with Crippen LogP contribution in [0.2, 0.25) is 0 Å². The lowest BCUT2D eigenvalue weighted by molar-refractivity contribution is -0.438. The Balaban J connectivity index is 1.64. The molecule has 0 saturated carbocycles. The molecule has 0 bridgehead atoms. The molecular weight excluding hydrogens is 454 g/mol. The maximum absolute atomic E-state index is 13.0. The summed E-state index contributed by atoms with van der Waals surface area (Å²) in [6.45, 7) is 3.49. The van der Waals surface area contributed by atoms with E-state index in [9.17, 15) is 20.1 Å². The van der Waals surface area contributed by atoms with Gasteiger partial charge in [-0.1, -0.05) is 47.7 Å². The molecule has 1 saturated heterocycles. The van der Waals surface area contributed by atoms with Gasteiger partial charge in [0.2, 0.25) is 0 Å². The van der Waals surface area contributed by atoms with Crippen LogP contribution in [0.25, 0.3) is 11.0 Å². The van der Waals surface area contributed by atoms with Crippen molar-refractivity contribution < 1.29 is 34.1 Å². The fourth-order valence-electron chi connectivity index (χ4n) is 4.52. The molecule has 1 aliphatic heterocycles. The molecule has 1 fully saturated rings. The lowest BCUT2D eigenvalue weighted by Gasteiger charge is -2.38. The average molecular weight is 486 g/mol. The highest BCUT2D eigenvalue weighted by Gasteiger charge is 2.37. The number of aliphatic hydroxyl groups excluding tert-OH is 2. The number of hydrogen-bond donors (Lipinski definition) is 3. The second kappa shape index (κ2) is 10.9. The van der Waals surface area contributed by atoms with E-state index in [1.807, 2.05) is 37.3 Å². The Morgan fingerprint density at radius 2 is 1.80 bits per heavy atom. The minimum absolute atomic E-state index is 0.0647. The molecule has 0 radical (unpaired) electrons. The van der Waals surface area contributed by atoms with Crippen molar-refractivity contribution >= 4 is 11.0 Å². The van der Waals surface area contributed by atoms with Crippen LogP contribution < -0.4 is 5.63 Å². The van der Waals surface area contributed by atoms with Gasteiger partial charge in [-0.05, 0) is 38.0 Å². The van der Waals surface area contributed by atoms with Crippen molar-refractivity contribution in [3.05, 3.63) is 76.1 Å². The van der Waals surface area contributed by atoms with Gasteiger partial charge < -0.3 is 24.5 Å². The summed E-state index contributed by atoms with van der Waals surface area (Å²) in [6.07, 6.45) is -3.05. The molecule has 3 N–H and O–H groups in total. The second-order valence-electron chi connectivity index (χ2n) is 8.83. The van der Waals surface area contributed by atoms with Gasteiger partial charge in [0.1, 0.15) is 17.4 Å². The number of nitrogens with zero attached hydrogens (tertiary/aromatic N) is 1. The molecule has 35 heavy (non-hydrogen) atoms. The van der Waals surface area contributed by atoms with E-state index in [4.69, 9.17) is 18.8 Å². The van der Waals surface area contributed by atoms with Crippen molar-refractivity contribution in [3.63, 3.8) is 0 Å². The Hall–Kier alpha value is -2.79.